The standard InChI is InChI=1S/C15H25N3/c1-12(2)18-8-6-17(7-9-18)11-14-4-5-15(16)13(3)10-14/h4-5,10,12H,6-9,11,16H2,1-3H3. The molecular weight excluding hydrogens is 222 g/mol. The predicted molar refractivity (Wildman–Crippen MR) is 77.6 cm³/mol. The molecule has 0 saturated carbocycles. The normalized spacial score (nSPS) is 18.4. The summed E-state index contributed by atoms with van der Waals surface area (Å²) in [5, 5.41) is 0. The maximum Gasteiger partial charge on any atom is 0.0343 e. The van der Waals surface area contributed by atoms with Crippen molar-refractivity contribution in [3.63, 3.8) is 0 Å². The summed E-state index contributed by atoms with van der Waals surface area (Å²) in [5.74, 6) is 0. The highest BCUT2D eigenvalue weighted by atomic mass is 15.3. The largest absolute Gasteiger partial charge is 0.399 e. The van der Waals surface area contributed by atoms with Crippen molar-refractivity contribution in [1.29, 1.82) is 0 Å². The average molecular weight is 247 g/mol. The Kier molecular flexibility index (Phi) is 4.25. The summed E-state index contributed by atoms with van der Waals surface area (Å²) in [6.07, 6.45) is 0. The highest BCUT2D eigenvalue weighted by Crippen LogP contribution is 2.15. The van der Waals surface area contributed by atoms with E-state index in [4.69, 9.17) is 5.73 Å². The molecule has 3 heteroatoms. The van der Waals surface area contributed by atoms with Crippen LogP contribution in [0.1, 0.15) is 25.0 Å². The van der Waals surface area contributed by atoms with E-state index in [-0.39, 0.29) is 0 Å². The van der Waals surface area contributed by atoms with Gasteiger partial charge in [-0.15, -0.1) is 0 Å². The maximum absolute atomic E-state index is 5.85. The van der Waals surface area contributed by atoms with Crippen LogP contribution in [0.4, 0.5) is 5.69 Å². The van der Waals surface area contributed by atoms with Gasteiger partial charge in [0.15, 0.2) is 0 Å². The van der Waals surface area contributed by atoms with E-state index < -0.39 is 0 Å². The van der Waals surface area contributed by atoms with E-state index in [0.29, 0.717) is 6.04 Å². The molecule has 0 spiro atoms. The second-order valence-electron chi connectivity index (χ2n) is 5.60. The highest BCUT2D eigenvalue weighted by Gasteiger charge is 2.18. The van der Waals surface area contributed by atoms with E-state index in [9.17, 15) is 0 Å². The number of piperazine rings is 1. The average Bonchev–Trinajstić information content (AvgIpc) is 2.34. The third-order valence-electron chi connectivity index (χ3n) is 3.88. The Morgan fingerprint density at radius 3 is 2.39 bits per heavy atom. The molecule has 18 heavy (non-hydrogen) atoms. The fourth-order valence-electron chi connectivity index (χ4n) is 2.53. The molecule has 1 aromatic carbocycles. The van der Waals surface area contributed by atoms with Gasteiger partial charge in [0.1, 0.15) is 0 Å². The third kappa shape index (κ3) is 3.24. The van der Waals surface area contributed by atoms with Crippen LogP contribution in [0.5, 0.6) is 0 Å². The van der Waals surface area contributed by atoms with Gasteiger partial charge in [-0.05, 0) is 38.0 Å². The highest BCUT2D eigenvalue weighted by molar-refractivity contribution is 5.47. The van der Waals surface area contributed by atoms with Crippen molar-refractivity contribution in [3.05, 3.63) is 29.3 Å². The van der Waals surface area contributed by atoms with Gasteiger partial charge in [0.05, 0.1) is 0 Å². The van der Waals surface area contributed by atoms with Crippen LogP contribution in [-0.2, 0) is 6.54 Å². The Morgan fingerprint density at radius 2 is 1.83 bits per heavy atom. The number of nitrogen functional groups attached to an aromatic ring is 1. The van der Waals surface area contributed by atoms with Gasteiger partial charge >= 0.3 is 0 Å². The second kappa shape index (κ2) is 5.72. The number of hydrogen-bond acceptors (Lipinski definition) is 3. The summed E-state index contributed by atoms with van der Waals surface area (Å²) >= 11 is 0. The minimum Gasteiger partial charge on any atom is -0.399 e. The van der Waals surface area contributed by atoms with Crippen LogP contribution in [0.2, 0.25) is 0 Å². The van der Waals surface area contributed by atoms with Gasteiger partial charge in [0.2, 0.25) is 0 Å². The number of rotatable bonds is 3. The number of nitrogens with zero attached hydrogens (tertiary/aromatic N) is 2. The van der Waals surface area contributed by atoms with Crippen LogP contribution in [0.15, 0.2) is 18.2 Å². The Morgan fingerprint density at radius 1 is 1.17 bits per heavy atom. The fraction of sp³-hybridized carbons (Fsp3) is 0.600. The number of benzene rings is 1. The van der Waals surface area contributed by atoms with Crippen molar-refractivity contribution in [1.82, 2.24) is 9.80 Å². The summed E-state index contributed by atoms with van der Waals surface area (Å²) < 4.78 is 0. The molecule has 1 aliphatic rings. The molecule has 3 nitrogen and oxygen atoms in total. The van der Waals surface area contributed by atoms with E-state index >= 15 is 0 Å². The molecule has 1 saturated heterocycles. The van der Waals surface area contributed by atoms with Crippen molar-refractivity contribution in [2.75, 3.05) is 31.9 Å². The zero-order valence-electron chi connectivity index (χ0n) is 11.8. The van der Waals surface area contributed by atoms with E-state index in [1.54, 1.807) is 0 Å². The molecule has 1 heterocycles. The van der Waals surface area contributed by atoms with Crippen LogP contribution >= 0.6 is 0 Å². The molecule has 0 unspecified atom stereocenters. The minimum atomic E-state index is 0.672. The molecule has 0 aliphatic carbocycles. The first-order valence-electron chi connectivity index (χ1n) is 6.87. The number of anilines is 1. The fourth-order valence-corrected chi connectivity index (χ4v) is 2.53. The molecule has 1 aliphatic heterocycles. The summed E-state index contributed by atoms with van der Waals surface area (Å²) in [4.78, 5) is 5.08. The molecule has 1 aromatic rings. The first-order chi connectivity index (χ1) is 8.56. The van der Waals surface area contributed by atoms with Crippen molar-refractivity contribution in [3.8, 4) is 0 Å². The summed E-state index contributed by atoms with van der Waals surface area (Å²) in [7, 11) is 0. The molecular formula is C15H25N3. The third-order valence-corrected chi connectivity index (χ3v) is 3.88. The SMILES string of the molecule is Cc1cc(CN2CCN(C(C)C)CC2)ccc1N. The number of nitrogens with two attached hydrogens (primary N) is 1. The smallest absolute Gasteiger partial charge is 0.0343 e. The number of aryl methyl sites for hydroxylation is 1. The lowest BCUT2D eigenvalue weighted by molar-refractivity contribution is 0.104. The van der Waals surface area contributed by atoms with Crippen LogP contribution in [0.3, 0.4) is 0 Å². The molecule has 2 rings (SSSR count). The lowest BCUT2D eigenvalue weighted by atomic mass is 10.1. The van der Waals surface area contributed by atoms with Crippen molar-refractivity contribution in [2.24, 2.45) is 0 Å². The summed E-state index contributed by atoms with van der Waals surface area (Å²) in [6, 6.07) is 7.06. The van der Waals surface area contributed by atoms with Gasteiger partial charge in [0.25, 0.3) is 0 Å². The Hall–Kier alpha value is -1.06. The molecule has 0 atom stereocenters. The first-order valence-corrected chi connectivity index (χ1v) is 6.87. The van der Waals surface area contributed by atoms with E-state index in [0.717, 1.165) is 12.2 Å². The summed E-state index contributed by atoms with van der Waals surface area (Å²) in [5.41, 5.74) is 9.31. The van der Waals surface area contributed by atoms with Crippen molar-refractivity contribution in [2.45, 2.75) is 33.4 Å². The lowest BCUT2D eigenvalue weighted by Gasteiger charge is -2.37. The molecule has 0 aromatic heterocycles. The van der Waals surface area contributed by atoms with Crippen molar-refractivity contribution >= 4 is 5.69 Å². The van der Waals surface area contributed by atoms with Crippen molar-refractivity contribution < 1.29 is 0 Å². The van der Waals surface area contributed by atoms with Gasteiger partial charge < -0.3 is 5.73 Å². The lowest BCUT2D eigenvalue weighted by Crippen LogP contribution is -2.48. The van der Waals surface area contributed by atoms with Gasteiger partial charge in [-0.1, -0.05) is 12.1 Å². The maximum atomic E-state index is 5.85. The Bertz CT molecular complexity index is 393. The van der Waals surface area contributed by atoms with Gasteiger partial charge in [-0.25, -0.2) is 0 Å². The van der Waals surface area contributed by atoms with Gasteiger partial charge in [-0.3, -0.25) is 9.80 Å². The predicted octanol–water partition coefficient (Wildman–Crippen LogP) is 2.10. The Balaban J connectivity index is 1.89. The molecule has 0 radical (unpaired) electrons. The van der Waals surface area contributed by atoms with Crippen LogP contribution in [0, 0.1) is 6.92 Å². The number of hydrogen-bond donors (Lipinski definition) is 1. The molecule has 2 N–H and O–H groups in total. The van der Waals surface area contributed by atoms with E-state index in [1.807, 2.05) is 6.07 Å². The molecule has 0 amide bonds. The minimum absolute atomic E-state index is 0.672. The van der Waals surface area contributed by atoms with Gasteiger partial charge in [0, 0.05) is 44.5 Å². The van der Waals surface area contributed by atoms with E-state index in [2.05, 4.69) is 42.7 Å². The molecule has 1 fully saturated rings. The summed E-state index contributed by atoms with van der Waals surface area (Å²) in [6.45, 7) is 12.4. The molecule has 0 bridgehead atoms. The second-order valence-corrected chi connectivity index (χ2v) is 5.60. The first kappa shape index (κ1) is 13.4. The topological polar surface area (TPSA) is 32.5 Å². The zero-order valence-corrected chi connectivity index (χ0v) is 11.8. The zero-order chi connectivity index (χ0) is 13.1. The van der Waals surface area contributed by atoms with Crippen LogP contribution < -0.4 is 5.73 Å². The van der Waals surface area contributed by atoms with Crippen LogP contribution in [0.25, 0.3) is 0 Å². The molecule has 100 valence electrons. The van der Waals surface area contributed by atoms with Gasteiger partial charge in [-0.2, -0.15) is 0 Å². The van der Waals surface area contributed by atoms with E-state index in [1.165, 1.54) is 37.3 Å². The quantitative estimate of drug-likeness (QED) is 0.830. The Labute approximate surface area is 111 Å². The van der Waals surface area contributed by atoms with Crippen LogP contribution in [-0.4, -0.2) is 42.0 Å². The monoisotopic (exact) mass is 247 g/mol.